The van der Waals surface area contributed by atoms with Gasteiger partial charge in [0.25, 0.3) is 0 Å². The molecule has 2 aliphatic heterocycles. The topological polar surface area (TPSA) is 83.8 Å². The number of hydrogen-bond donors (Lipinski definition) is 1. The van der Waals surface area contributed by atoms with Crippen molar-refractivity contribution in [3.05, 3.63) is 36.3 Å². The van der Waals surface area contributed by atoms with Gasteiger partial charge in [-0.15, -0.1) is 5.10 Å². The van der Waals surface area contributed by atoms with E-state index in [0.717, 1.165) is 0 Å². The number of likely N-dealkylation sites (tertiary alicyclic amines) is 1. The molecule has 4 rings (SSSR count). The molecule has 1 aromatic carbocycles. The molecule has 2 fully saturated rings. The third-order valence-corrected chi connectivity index (χ3v) is 5.43. The SMILES string of the molecule is CC(C)(C)[C@]12CN(C(=O)O)C[C@H](n3cc(-c4cccc(F)c4)nn3)[C@H]1O2. The first-order chi connectivity index (χ1) is 12.2. The lowest BCUT2D eigenvalue weighted by atomic mass is 9.74. The van der Waals surface area contributed by atoms with Crippen LogP contribution in [-0.4, -0.2) is 55.9 Å². The summed E-state index contributed by atoms with van der Waals surface area (Å²) in [6, 6.07) is 5.87. The Morgan fingerprint density at radius 1 is 1.42 bits per heavy atom. The van der Waals surface area contributed by atoms with Gasteiger partial charge in [-0.25, -0.2) is 13.9 Å². The molecule has 0 radical (unpaired) electrons. The standard InChI is InChI=1S/C18H21FN4O3/c1-17(2,3)18-10-22(16(24)25)9-14(15(18)26-18)23-8-13(20-21-23)11-5-4-6-12(19)7-11/h4-8,14-15H,9-10H2,1-3H3,(H,24,25)/t14-,15+,18-/m0/s1. The largest absolute Gasteiger partial charge is 0.465 e. The Kier molecular flexibility index (Phi) is 3.59. The molecule has 2 aliphatic rings. The van der Waals surface area contributed by atoms with Crippen molar-refractivity contribution in [3.8, 4) is 11.3 Å². The number of carbonyl (C=O) groups is 1. The number of fused-ring (bicyclic) bond motifs is 1. The first-order valence-electron chi connectivity index (χ1n) is 8.55. The van der Waals surface area contributed by atoms with E-state index < -0.39 is 11.7 Å². The lowest BCUT2D eigenvalue weighted by Crippen LogP contribution is -2.53. The first-order valence-corrected chi connectivity index (χ1v) is 8.55. The van der Waals surface area contributed by atoms with Gasteiger partial charge in [-0.2, -0.15) is 0 Å². The minimum atomic E-state index is -0.974. The number of halogens is 1. The van der Waals surface area contributed by atoms with Crippen LogP contribution in [0.15, 0.2) is 30.5 Å². The van der Waals surface area contributed by atoms with Crippen LogP contribution in [0.5, 0.6) is 0 Å². The number of aromatic nitrogens is 3. The summed E-state index contributed by atoms with van der Waals surface area (Å²) in [4.78, 5) is 13.0. The van der Waals surface area contributed by atoms with Gasteiger partial charge in [0.05, 0.1) is 12.7 Å². The Bertz CT molecular complexity index is 862. The van der Waals surface area contributed by atoms with E-state index in [2.05, 4.69) is 31.1 Å². The summed E-state index contributed by atoms with van der Waals surface area (Å²) in [6.07, 6.45) is 0.623. The van der Waals surface area contributed by atoms with Crippen LogP contribution in [-0.2, 0) is 4.74 Å². The maximum atomic E-state index is 13.5. The number of epoxide rings is 1. The van der Waals surface area contributed by atoms with Gasteiger partial charge in [-0.3, -0.25) is 0 Å². The summed E-state index contributed by atoms with van der Waals surface area (Å²) in [5.74, 6) is -0.343. The van der Waals surface area contributed by atoms with Crippen molar-refractivity contribution in [3.63, 3.8) is 0 Å². The van der Waals surface area contributed by atoms with E-state index in [1.54, 1.807) is 23.0 Å². The molecule has 2 saturated heterocycles. The van der Waals surface area contributed by atoms with Crippen molar-refractivity contribution in [2.24, 2.45) is 5.41 Å². The van der Waals surface area contributed by atoms with Crippen LogP contribution in [0.4, 0.5) is 9.18 Å². The summed E-state index contributed by atoms with van der Waals surface area (Å²) in [6.45, 7) is 6.78. The number of carboxylic acid groups (broad SMARTS) is 1. The Hall–Kier alpha value is -2.48. The smallest absolute Gasteiger partial charge is 0.407 e. The van der Waals surface area contributed by atoms with Crippen LogP contribution >= 0.6 is 0 Å². The van der Waals surface area contributed by atoms with Crippen LogP contribution in [0, 0.1) is 11.2 Å². The number of nitrogens with zero attached hydrogens (tertiary/aromatic N) is 4. The highest BCUT2D eigenvalue weighted by Crippen LogP contribution is 2.57. The van der Waals surface area contributed by atoms with E-state index in [1.165, 1.54) is 17.0 Å². The van der Waals surface area contributed by atoms with E-state index in [0.29, 0.717) is 17.8 Å². The molecule has 0 spiro atoms. The minimum Gasteiger partial charge on any atom is -0.465 e. The molecular weight excluding hydrogens is 339 g/mol. The number of ether oxygens (including phenoxy) is 1. The summed E-state index contributed by atoms with van der Waals surface area (Å²) in [5, 5.41) is 17.8. The van der Waals surface area contributed by atoms with Crippen LogP contribution in [0.2, 0.25) is 0 Å². The molecule has 7 nitrogen and oxygen atoms in total. The zero-order valence-corrected chi connectivity index (χ0v) is 14.9. The molecule has 1 amide bonds. The van der Waals surface area contributed by atoms with Crippen molar-refractivity contribution in [1.82, 2.24) is 19.9 Å². The predicted octanol–water partition coefficient (Wildman–Crippen LogP) is 2.80. The molecule has 8 heteroatoms. The van der Waals surface area contributed by atoms with Crippen molar-refractivity contribution in [2.45, 2.75) is 38.5 Å². The maximum absolute atomic E-state index is 13.5. The van der Waals surface area contributed by atoms with Crippen LogP contribution in [0.3, 0.4) is 0 Å². The van der Waals surface area contributed by atoms with Crippen molar-refractivity contribution in [1.29, 1.82) is 0 Å². The van der Waals surface area contributed by atoms with Gasteiger partial charge in [0.2, 0.25) is 0 Å². The maximum Gasteiger partial charge on any atom is 0.407 e. The number of rotatable bonds is 2. The molecule has 0 aliphatic carbocycles. The molecule has 0 unspecified atom stereocenters. The molecule has 0 bridgehead atoms. The highest BCUT2D eigenvalue weighted by atomic mass is 19.1. The van der Waals surface area contributed by atoms with Gasteiger partial charge >= 0.3 is 6.09 Å². The molecule has 1 N–H and O–H groups in total. The van der Waals surface area contributed by atoms with Gasteiger partial charge in [0.1, 0.15) is 29.3 Å². The second-order valence-corrected chi connectivity index (χ2v) is 8.00. The molecule has 138 valence electrons. The van der Waals surface area contributed by atoms with Crippen LogP contribution in [0.1, 0.15) is 26.8 Å². The van der Waals surface area contributed by atoms with Crippen molar-refractivity contribution >= 4 is 6.09 Å². The second kappa shape index (κ2) is 5.51. The molecule has 0 saturated carbocycles. The summed E-state index contributed by atoms with van der Waals surface area (Å²) < 4.78 is 21.2. The zero-order valence-electron chi connectivity index (χ0n) is 14.9. The van der Waals surface area contributed by atoms with Crippen LogP contribution in [0.25, 0.3) is 11.3 Å². The lowest BCUT2D eigenvalue weighted by Gasteiger charge is -2.38. The van der Waals surface area contributed by atoms with Gasteiger partial charge in [-0.1, -0.05) is 38.1 Å². The molecular formula is C18H21FN4O3. The number of amides is 1. The van der Waals surface area contributed by atoms with E-state index in [1.807, 2.05) is 0 Å². The van der Waals surface area contributed by atoms with Crippen molar-refractivity contribution < 1.29 is 19.0 Å². The average Bonchev–Trinajstić information content (AvgIpc) is 3.14. The van der Waals surface area contributed by atoms with Gasteiger partial charge in [-0.05, 0) is 17.5 Å². The number of hydrogen-bond acceptors (Lipinski definition) is 4. The molecule has 3 atom stereocenters. The van der Waals surface area contributed by atoms with Gasteiger partial charge in [0.15, 0.2) is 0 Å². The molecule has 2 aromatic rings. The van der Waals surface area contributed by atoms with Crippen LogP contribution < -0.4 is 0 Å². The fourth-order valence-corrected chi connectivity index (χ4v) is 3.81. The van der Waals surface area contributed by atoms with E-state index in [4.69, 9.17) is 4.74 Å². The van der Waals surface area contributed by atoms with Gasteiger partial charge in [0, 0.05) is 12.1 Å². The number of piperidine rings is 1. The fourth-order valence-electron chi connectivity index (χ4n) is 3.81. The Labute approximate surface area is 150 Å². The molecule has 3 heterocycles. The van der Waals surface area contributed by atoms with Crippen molar-refractivity contribution in [2.75, 3.05) is 13.1 Å². The Morgan fingerprint density at radius 2 is 2.19 bits per heavy atom. The highest BCUT2D eigenvalue weighted by molar-refractivity contribution is 5.66. The summed E-state index contributed by atoms with van der Waals surface area (Å²) >= 11 is 0. The zero-order chi connectivity index (χ0) is 18.7. The molecule has 1 aromatic heterocycles. The minimum absolute atomic E-state index is 0.125. The quantitative estimate of drug-likeness (QED) is 0.833. The normalized spacial score (nSPS) is 27.9. The number of benzene rings is 1. The lowest BCUT2D eigenvalue weighted by molar-refractivity contribution is 0.0777. The van der Waals surface area contributed by atoms with E-state index in [9.17, 15) is 14.3 Å². The monoisotopic (exact) mass is 360 g/mol. The third-order valence-electron chi connectivity index (χ3n) is 5.43. The summed E-state index contributed by atoms with van der Waals surface area (Å²) in [5.41, 5.74) is 0.426. The highest BCUT2D eigenvalue weighted by Gasteiger charge is 2.70. The second-order valence-electron chi connectivity index (χ2n) is 8.00. The van der Waals surface area contributed by atoms with E-state index >= 15 is 0 Å². The first kappa shape index (κ1) is 17.0. The Morgan fingerprint density at radius 3 is 2.85 bits per heavy atom. The van der Waals surface area contributed by atoms with Gasteiger partial charge < -0.3 is 14.7 Å². The fraction of sp³-hybridized carbons (Fsp3) is 0.500. The predicted molar refractivity (Wildman–Crippen MR) is 91.1 cm³/mol. The average molecular weight is 360 g/mol. The third kappa shape index (κ3) is 2.56. The Balaban J connectivity index is 1.66. The van der Waals surface area contributed by atoms with E-state index in [-0.39, 0.29) is 29.9 Å². The summed E-state index contributed by atoms with van der Waals surface area (Å²) in [7, 11) is 0. The molecule has 26 heavy (non-hydrogen) atoms.